The molecule has 2 N–H and O–H groups in total. The molecule has 3 aromatic carbocycles. The van der Waals surface area contributed by atoms with Crippen molar-refractivity contribution in [3.63, 3.8) is 0 Å². The van der Waals surface area contributed by atoms with Gasteiger partial charge < -0.3 is 10.1 Å². The minimum absolute atomic E-state index is 0.0536. The minimum Gasteiger partial charge on any atom is -0.481 e. The monoisotopic (exact) mass is 656 g/mol. The molecule has 1 unspecified atom stereocenters. The third-order valence-corrected chi connectivity index (χ3v) is 11.1. The number of aromatic amines is 1. The minimum atomic E-state index is -0.831. The number of carboxylic acid groups (broad SMARTS) is 1. The summed E-state index contributed by atoms with van der Waals surface area (Å²) in [5.41, 5.74) is 4.98. The predicted molar refractivity (Wildman–Crippen MR) is 185 cm³/mol. The first-order valence-corrected chi connectivity index (χ1v) is 17.5. The van der Waals surface area contributed by atoms with Gasteiger partial charge in [-0.1, -0.05) is 50.6 Å². The molecule has 0 fully saturated rings. The third-order valence-electron chi connectivity index (χ3n) is 9.65. The lowest BCUT2D eigenvalue weighted by molar-refractivity contribution is -0.136. The molecule has 1 aliphatic heterocycles. The van der Waals surface area contributed by atoms with Crippen molar-refractivity contribution >= 4 is 28.6 Å². The molecule has 0 saturated carbocycles. The number of thioether (sulfide) groups is 1. The summed E-state index contributed by atoms with van der Waals surface area (Å²) in [5, 5.41) is 15.2. The first-order valence-electron chi connectivity index (χ1n) is 16.3. The van der Waals surface area contributed by atoms with Crippen LogP contribution in [0, 0.1) is 17.0 Å². The second-order valence-corrected chi connectivity index (χ2v) is 15.0. The SMILES string of the molecule is Cn1nc2nc1-c1cc(ccc1F)Cc1c(F)cc3[nH]ccc3c1CCSCC(C)(C)CCCC2(C)c1cccc(CCC(=O)O)c1. The predicted octanol–water partition coefficient (Wildman–Crippen LogP) is 8.64. The molecule has 0 amide bonds. The molecule has 0 aliphatic carbocycles. The summed E-state index contributed by atoms with van der Waals surface area (Å²) in [7, 11) is 1.78. The Kier molecular flexibility index (Phi) is 9.29. The fraction of sp³-hybridized carbons (Fsp3) is 0.395. The Hall–Kier alpha value is -3.98. The highest BCUT2D eigenvalue weighted by atomic mass is 32.2. The second kappa shape index (κ2) is 13.3. The molecule has 9 heteroatoms. The number of hydrogen-bond acceptors (Lipinski definition) is 4. The van der Waals surface area contributed by atoms with Gasteiger partial charge in [-0.25, -0.2) is 18.4 Å². The Morgan fingerprint density at radius 2 is 1.87 bits per heavy atom. The quantitative estimate of drug-likeness (QED) is 0.202. The van der Waals surface area contributed by atoms with Crippen LogP contribution in [0.5, 0.6) is 0 Å². The average Bonchev–Trinajstić information content (AvgIpc) is 3.66. The summed E-state index contributed by atoms with van der Waals surface area (Å²) >= 11 is 1.90. The third kappa shape index (κ3) is 7.00. The molecule has 4 bridgehead atoms. The van der Waals surface area contributed by atoms with E-state index in [0.717, 1.165) is 70.3 Å². The van der Waals surface area contributed by atoms with E-state index < -0.39 is 17.2 Å². The Balaban J connectivity index is 1.46. The normalized spacial score (nSPS) is 18.8. The summed E-state index contributed by atoms with van der Waals surface area (Å²) in [6.45, 7) is 6.73. The molecule has 6 nitrogen and oxygen atoms in total. The van der Waals surface area contributed by atoms with Gasteiger partial charge in [0.25, 0.3) is 0 Å². The highest BCUT2D eigenvalue weighted by molar-refractivity contribution is 7.99. The number of aliphatic carboxylic acids is 1. The zero-order chi connectivity index (χ0) is 33.3. The van der Waals surface area contributed by atoms with E-state index >= 15 is 8.78 Å². The fourth-order valence-corrected chi connectivity index (χ4v) is 8.08. The van der Waals surface area contributed by atoms with Crippen LogP contribution in [-0.4, -0.2) is 42.3 Å². The molecule has 1 atom stereocenters. The molecule has 6 rings (SSSR count). The zero-order valence-electron chi connectivity index (χ0n) is 27.5. The van der Waals surface area contributed by atoms with Crippen LogP contribution >= 0.6 is 11.8 Å². The van der Waals surface area contributed by atoms with Crippen LogP contribution in [0.25, 0.3) is 22.3 Å². The van der Waals surface area contributed by atoms with Crippen molar-refractivity contribution in [1.29, 1.82) is 0 Å². The number of hydrogen-bond donors (Lipinski definition) is 2. The number of nitrogens with one attached hydrogen (secondary N) is 1. The van der Waals surface area contributed by atoms with Crippen LogP contribution in [0.15, 0.2) is 60.8 Å². The Bertz CT molecular complexity index is 1930. The van der Waals surface area contributed by atoms with E-state index in [1.54, 1.807) is 29.9 Å². The number of aromatic nitrogens is 4. The molecule has 2 aromatic heterocycles. The van der Waals surface area contributed by atoms with Crippen molar-refractivity contribution < 1.29 is 18.7 Å². The zero-order valence-corrected chi connectivity index (χ0v) is 28.3. The van der Waals surface area contributed by atoms with Crippen LogP contribution in [0.2, 0.25) is 0 Å². The molecule has 5 aromatic rings. The number of benzene rings is 3. The van der Waals surface area contributed by atoms with E-state index in [9.17, 15) is 9.90 Å². The van der Waals surface area contributed by atoms with Crippen LogP contribution in [0.3, 0.4) is 0 Å². The van der Waals surface area contributed by atoms with E-state index in [0.29, 0.717) is 35.6 Å². The lowest BCUT2D eigenvalue weighted by Gasteiger charge is -2.30. The maximum atomic E-state index is 15.7. The summed E-state index contributed by atoms with van der Waals surface area (Å²) in [6.07, 6.45) is 6.08. The van der Waals surface area contributed by atoms with Gasteiger partial charge in [0.2, 0.25) is 0 Å². The van der Waals surface area contributed by atoms with Crippen LogP contribution in [0.1, 0.15) is 80.1 Å². The molecule has 1 aliphatic rings. The number of aryl methyl sites for hydroxylation is 3. The van der Waals surface area contributed by atoms with E-state index in [-0.39, 0.29) is 17.7 Å². The summed E-state index contributed by atoms with van der Waals surface area (Å²) in [4.78, 5) is 19.5. The topological polar surface area (TPSA) is 83.8 Å². The van der Waals surface area contributed by atoms with Gasteiger partial charge in [-0.15, -0.1) is 0 Å². The molecular weight excluding hydrogens is 615 g/mol. The fourth-order valence-electron chi connectivity index (χ4n) is 6.89. The molecular formula is C38H42F2N4O2S. The first-order chi connectivity index (χ1) is 22.4. The lowest BCUT2D eigenvalue weighted by Crippen LogP contribution is -2.27. The number of H-pyrrole nitrogens is 1. The number of carboxylic acids is 1. The summed E-state index contributed by atoms with van der Waals surface area (Å²) in [5.74, 6) is 1.34. The largest absolute Gasteiger partial charge is 0.481 e. The van der Waals surface area contributed by atoms with E-state index in [1.807, 2.05) is 36.2 Å². The Labute approximate surface area is 279 Å². The smallest absolute Gasteiger partial charge is 0.303 e. The van der Waals surface area contributed by atoms with E-state index in [4.69, 9.17) is 10.1 Å². The van der Waals surface area contributed by atoms with Gasteiger partial charge in [0.1, 0.15) is 11.6 Å². The number of rotatable bonds is 4. The standard InChI is InChI=1S/C38H42F2N4O2S/c1-37(2)15-6-16-38(3,26-8-5-7-24(19-26)10-12-34(45)46)36-42-35(44(4)43-36)30-21-25(9-11-31(30)39)20-29-27(14-18-47-23-37)28-13-17-41-33(28)22-32(29)40/h5,7-9,11,13,17,19,21-22,41H,6,10,12,14-16,18,20,23H2,1-4H3,(H,45,46). The Morgan fingerprint density at radius 1 is 1.04 bits per heavy atom. The molecule has 0 spiro atoms. The van der Waals surface area contributed by atoms with Crippen molar-refractivity contribution in [2.45, 2.75) is 71.1 Å². The number of fused-ring (bicyclic) bond motifs is 8. The Morgan fingerprint density at radius 3 is 2.68 bits per heavy atom. The maximum Gasteiger partial charge on any atom is 0.303 e. The van der Waals surface area contributed by atoms with Crippen LogP contribution in [-0.2, 0) is 36.5 Å². The average molecular weight is 657 g/mol. The molecule has 47 heavy (non-hydrogen) atoms. The van der Waals surface area contributed by atoms with Gasteiger partial charge >= 0.3 is 5.97 Å². The first kappa shape index (κ1) is 32.9. The van der Waals surface area contributed by atoms with Crippen LogP contribution in [0.4, 0.5) is 8.78 Å². The molecule has 0 saturated heterocycles. The summed E-state index contributed by atoms with van der Waals surface area (Å²) < 4.78 is 32.9. The van der Waals surface area contributed by atoms with Crippen LogP contribution < -0.4 is 0 Å². The molecule has 246 valence electrons. The van der Waals surface area contributed by atoms with Crippen molar-refractivity contribution in [3.05, 3.63) is 106 Å². The molecule has 0 radical (unpaired) electrons. The second-order valence-electron chi connectivity index (χ2n) is 13.9. The van der Waals surface area contributed by atoms with Gasteiger partial charge in [-0.3, -0.25) is 4.79 Å². The van der Waals surface area contributed by atoms with E-state index in [1.165, 1.54) is 6.07 Å². The highest BCUT2D eigenvalue weighted by Crippen LogP contribution is 2.40. The molecule has 3 heterocycles. The van der Waals surface area contributed by atoms with Gasteiger partial charge in [-0.05, 0) is 102 Å². The van der Waals surface area contributed by atoms with Crippen molar-refractivity contribution in [2.75, 3.05) is 11.5 Å². The van der Waals surface area contributed by atoms with Crippen molar-refractivity contribution in [1.82, 2.24) is 19.7 Å². The number of nitrogens with zero attached hydrogens (tertiary/aromatic N) is 3. The van der Waals surface area contributed by atoms with Crippen molar-refractivity contribution in [3.8, 4) is 11.4 Å². The van der Waals surface area contributed by atoms with Gasteiger partial charge in [-0.2, -0.15) is 16.9 Å². The van der Waals surface area contributed by atoms with Gasteiger partial charge in [0.15, 0.2) is 11.6 Å². The highest BCUT2D eigenvalue weighted by Gasteiger charge is 2.35. The van der Waals surface area contributed by atoms with E-state index in [2.05, 4.69) is 37.9 Å². The number of halogens is 2. The summed E-state index contributed by atoms with van der Waals surface area (Å²) in [6, 6.07) is 16.6. The lowest BCUT2D eigenvalue weighted by atomic mass is 9.75. The maximum absolute atomic E-state index is 15.7. The number of carbonyl (C=O) groups is 1. The van der Waals surface area contributed by atoms with Gasteiger partial charge in [0.05, 0.1) is 11.0 Å². The van der Waals surface area contributed by atoms with Crippen molar-refractivity contribution in [2.24, 2.45) is 12.5 Å². The van der Waals surface area contributed by atoms with Gasteiger partial charge in [0, 0.05) is 37.0 Å².